The summed E-state index contributed by atoms with van der Waals surface area (Å²) in [5.74, 6) is -0.888. The Balaban J connectivity index is 4.07. The lowest BCUT2D eigenvalue weighted by molar-refractivity contribution is -0.167. The van der Waals surface area contributed by atoms with Crippen molar-refractivity contribution in [1.29, 1.82) is 0 Å². The van der Waals surface area contributed by atoms with Crippen molar-refractivity contribution in [3.05, 3.63) is 48.6 Å². The highest BCUT2D eigenvalue weighted by atomic mass is 16.6. The molecule has 1 unspecified atom stereocenters. The fourth-order valence-electron chi connectivity index (χ4n) is 7.67. The molecule has 0 aliphatic carbocycles. The summed E-state index contributed by atoms with van der Waals surface area (Å²) in [4.78, 5) is 37.7. The van der Waals surface area contributed by atoms with Crippen molar-refractivity contribution in [2.45, 2.75) is 284 Å². The standard InChI is InChI=1S/C57H102O6/c1-4-7-10-13-16-18-20-21-22-23-24-25-26-27-28-29-30-31-32-33-34-35-37-38-41-44-47-50-56(59)62-53-54(52-61-55(58)49-46-43-40-15-12-9-6-3)63-57(60)51-48-45-42-39-36-19-17-14-11-8-5-2/h14,17,20-21,23-24,26-27,54H,4-13,15-16,18-19,22,25,28-53H2,1-3H3/b17-14-,21-20-,24-23-,27-26-. The molecule has 6 heteroatoms. The molecule has 0 fully saturated rings. The van der Waals surface area contributed by atoms with Crippen LogP contribution in [0, 0.1) is 0 Å². The van der Waals surface area contributed by atoms with Gasteiger partial charge in [-0.2, -0.15) is 0 Å². The Morgan fingerprint density at radius 3 is 0.952 bits per heavy atom. The van der Waals surface area contributed by atoms with E-state index >= 15 is 0 Å². The first kappa shape index (κ1) is 60.4. The van der Waals surface area contributed by atoms with Gasteiger partial charge >= 0.3 is 17.9 Å². The summed E-state index contributed by atoms with van der Waals surface area (Å²) < 4.78 is 16.7. The van der Waals surface area contributed by atoms with Crippen molar-refractivity contribution in [2.24, 2.45) is 0 Å². The molecule has 0 aromatic rings. The molecule has 0 aliphatic heterocycles. The van der Waals surface area contributed by atoms with Gasteiger partial charge in [-0.3, -0.25) is 14.4 Å². The van der Waals surface area contributed by atoms with Crippen LogP contribution in [0.15, 0.2) is 48.6 Å². The maximum absolute atomic E-state index is 12.7. The van der Waals surface area contributed by atoms with Crippen LogP contribution in [-0.2, 0) is 28.6 Å². The van der Waals surface area contributed by atoms with Crippen molar-refractivity contribution < 1.29 is 28.6 Å². The molecule has 0 radical (unpaired) electrons. The molecule has 0 rings (SSSR count). The summed E-state index contributed by atoms with van der Waals surface area (Å²) in [6, 6.07) is 0. The van der Waals surface area contributed by atoms with E-state index in [4.69, 9.17) is 14.2 Å². The van der Waals surface area contributed by atoms with Crippen LogP contribution in [0.25, 0.3) is 0 Å². The fraction of sp³-hybridized carbons (Fsp3) is 0.807. The lowest BCUT2D eigenvalue weighted by Gasteiger charge is -2.18. The summed E-state index contributed by atoms with van der Waals surface area (Å²) in [6.07, 6.45) is 62.7. The Kier molecular flexibility index (Phi) is 49.8. The van der Waals surface area contributed by atoms with Gasteiger partial charge in [0.15, 0.2) is 6.10 Å². The Hall–Kier alpha value is -2.63. The van der Waals surface area contributed by atoms with Crippen LogP contribution in [0.4, 0.5) is 0 Å². The zero-order valence-corrected chi connectivity index (χ0v) is 41.8. The van der Waals surface area contributed by atoms with Crippen LogP contribution in [0.3, 0.4) is 0 Å². The van der Waals surface area contributed by atoms with E-state index < -0.39 is 6.10 Å². The number of allylic oxidation sites excluding steroid dienone is 8. The molecule has 1 atom stereocenters. The van der Waals surface area contributed by atoms with Gasteiger partial charge in [0.05, 0.1) is 0 Å². The van der Waals surface area contributed by atoms with Gasteiger partial charge in [-0.1, -0.05) is 230 Å². The minimum absolute atomic E-state index is 0.0754. The van der Waals surface area contributed by atoms with Crippen LogP contribution >= 0.6 is 0 Å². The lowest BCUT2D eigenvalue weighted by atomic mass is 10.0. The molecule has 6 nitrogen and oxygen atoms in total. The first-order valence-electron chi connectivity index (χ1n) is 27.1. The molecule has 0 aromatic heterocycles. The van der Waals surface area contributed by atoms with E-state index in [9.17, 15) is 14.4 Å². The summed E-state index contributed by atoms with van der Waals surface area (Å²) in [7, 11) is 0. The van der Waals surface area contributed by atoms with Crippen molar-refractivity contribution in [2.75, 3.05) is 13.2 Å². The van der Waals surface area contributed by atoms with Gasteiger partial charge in [-0.25, -0.2) is 0 Å². The van der Waals surface area contributed by atoms with Crippen LogP contribution in [0.1, 0.15) is 278 Å². The summed E-state index contributed by atoms with van der Waals surface area (Å²) in [6.45, 7) is 6.55. The molecule has 0 N–H and O–H groups in total. The molecule has 63 heavy (non-hydrogen) atoms. The van der Waals surface area contributed by atoms with Crippen LogP contribution < -0.4 is 0 Å². The molecular weight excluding hydrogens is 781 g/mol. The Labute approximate surface area is 390 Å². The first-order valence-corrected chi connectivity index (χ1v) is 27.1. The quantitative estimate of drug-likeness (QED) is 0.0262. The molecule has 366 valence electrons. The maximum atomic E-state index is 12.7. The van der Waals surface area contributed by atoms with E-state index in [-0.39, 0.29) is 31.1 Å². The SMILES string of the molecule is CCCC/C=C\CCCCCCCC(=O)OC(COC(=O)CCCCCCCCC)COC(=O)CCCCCCCCCCCCCC/C=C\C/C=C\C/C=C\CCCCCCC. The zero-order valence-electron chi connectivity index (χ0n) is 41.8. The minimum atomic E-state index is -0.772. The minimum Gasteiger partial charge on any atom is -0.462 e. The van der Waals surface area contributed by atoms with Gasteiger partial charge in [-0.15, -0.1) is 0 Å². The van der Waals surface area contributed by atoms with Gasteiger partial charge in [0.1, 0.15) is 13.2 Å². The van der Waals surface area contributed by atoms with Crippen molar-refractivity contribution in [1.82, 2.24) is 0 Å². The molecular formula is C57H102O6. The first-order chi connectivity index (χ1) is 31.0. The zero-order chi connectivity index (χ0) is 45.8. The van der Waals surface area contributed by atoms with Gasteiger partial charge in [-0.05, 0) is 77.0 Å². The third-order valence-corrected chi connectivity index (χ3v) is 11.8. The average Bonchev–Trinajstić information content (AvgIpc) is 3.28. The highest BCUT2D eigenvalue weighted by Gasteiger charge is 2.19. The van der Waals surface area contributed by atoms with E-state index in [1.165, 1.54) is 154 Å². The third-order valence-electron chi connectivity index (χ3n) is 11.8. The second-order valence-corrected chi connectivity index (χ2v) is 18.1. The number of esters is 3. The highest BCUT2D eigenvalue weighted by molar-refractivity contribution is 5.71. The summed E-state index contributed by atoms with van der Waals surface area (Å²) in [5.41, 5.74) is 0. The highest BCUT2D eigenvalue weighted by Crippen LogP contribution is 2.15. The second-order valence-electron chi connectivity index (χ2n) is 18.1. The molecule has 0 aliphatic rings. The largest absolute Gasteiger partial charge is 0.462 e. The third kappa shape index (κ3) is 50.2. The van der Waals surface area contributed by atoms with Crippen molar-refractivity contribution in [3.63, 3.8) is 0 Å². The van der Waals surface area contributed by atoms with E-state index in [0.717, 1.165) is 83.5 Å². The molecule has 0 bridgehead atoms. The number of carbonyl (C=O) groups is 3. The van der Waals surface area contributed by atoms with Crippen LogP contribution in [-0.4, -0.2) is 37.2 Å². The lowest BCUT2D eigenvalue weighted by Crippen LogP contribution is -2.30. The van der Waals surface area contributed by atoms with Crippen molar-refractivity contribution >= 4 is 17.9 Å². The smallest absolute Gasteiger partial charge is 0.306 e. The average molecular weight is 883 g/mol. The second kappa shape index (κ2) is 52.0. The van der Waals surface area contributed by atoms with Crippen molar-refractivity contribution in [3.8, 4) is 0 Å². The van der Waals surface area contributed by atoms with Gasteiger partial charge in [0, 0.05) is 19.3 Å². The Bertz CT molecular complexity index is 1110. The molecule has 0 saturated heterocycles. The number of carbonyl (C=O) groups excluding carboxylic acids is 3. The predicted octanol–water partition coefficient (Wildman–Crippen LogP) is 17.9. The van der Waals surface area contributed by atoms with E-state index in [1.54, 1.807) is 0 Å². The number of hydrogen-bond donors (Lipinski definition) is 0. The summed E-state index contributed by atoms with van der Waals surface area (Å²) >= 11 is 0. The number of ether oxygens (including phenoxy) is 3. The van der Waals surface area contributed by atoms with Crippen LogP contribution in [0.5, 0.6) is 0 Å². The van der Waals surface area contributed by atoms with Gasteiger partial charge in [0.25, 0.3) is 0 Å². The van der Waals surface area contributed by atoms with E-state index in [2.05, 4.69) is 69.4 Å². The van der Waals surface area contributed by atoms with Crippen LogP contribution in [0.2, 0.25) is 0 Å². The fourth-order valence-corrected chi connectivity index (χ4v) is 7.67. The molecule has 0 saturated carbocycles. The maximum Gasteiger partial charge on any atom is 0.306 e. The van der Waals surface area contributed by atoms with E-state index in [0.29, 0.717) is 19.3 Å². The molecule has 0 amide bonds. The molecule has 0 spiro atoms. The number of unbranched alkanes of at least 4 members (excludes halogenated alkanes) is 30. The normalized spacial score (nSPS) is 12.4. The van der Waals surface area contributed by atoms with E-state index in [1.807, 2.05) is 0 Å². The molecule has 0 heterocycles. The Morgan fingerprint density at radius 1 is 0.317 bits per heavy atom. The topological polar surface area (TPSA) is 78.9 Å². The summed E-state index contributed by atoms with van der Waals surface area (Å²) in [5, 5.41) is 0. The number of rotatable bonds is 49. The Morgan fingerprint density at radius 2 is 0.587 bits per heavy atom. The monoisotopic (exact) mass is 883 g/mol. The number of hydrogen-bond acceptors (Lipinski definition) is 6. The van der Waals surface area contributed by atoms with Gasteiger partial charge in [0.2, 0.25) is 0 Å². The molecule has 0 aromatic carbocycles. The predicted molar refractivity (Wildman–Crippen MR) is 270 cm³/mol. The van der Waals surface area contributed by atoms with Gasteiger partial charge < -0.3 is 14.2 Å².